The van der Waals surface area contributed by atoms with E-state index in [2.05, 4.69) is 10.9 Å². The largest absolute Gasteiger partial charge is 0.416 e. The van der Waals surface area contributed by atoms with Gasteiger partial charge in [-0.1, -0.05) is 25.1 Å². The summed E-state index contributed by atoms with van der Waals surface area (Å²) in [5, 5.41) is 0. The topological polar surface area (TPSA) is 24.1 Å². The van der Waals surface area contributed by atoms with E-state index in [1.807, 2.05) is 6.92 Å². The van der Waals surface area contributed by atoms with Gasteiger partial charge in [0.15, 0.2) is 0 Å². The molecule has 0 aliphatic rings. The molecule has 0 amide bonds. The molecule has 0 fully saturated rings. The Morgan fingerprint density at radius 2 is 1.94 bits per heavy atom. The molecule has 1 rings (SSSR count). The van der Waals surface area contributed by atoms with Crippen molar-refractivity contribution in [3.8, 4) is 0 Å². The summed E-state index contributed by atoms with van der Waals surface area (Å²) >= 11 is 0. The highest BCUT2D eigenvalue weighted by Crippen LogP contribution is 2.29. The second kappa shape index (κ2) is 5.86. The summed E-state index contributed by atoms with van der Waals surface area (Å²) in [6, 6.07) is 5.30. The molecular weight excluding hydrogens is 217 g/mol. The monoisotopic (exact) mass is 232 g/mol. The average Bonchev–Trinajstić information content (AvgIpc) is 2.24. The fraction of sp³-hybridized carbons (Fsp3) is 0.455. The average molecular weight is 232 g/mol. The number of alkyl halides is 3. The lowest BCUT2D eigenvalue weighted by molar-refractivity contribution is -0.137. The normalized spacial score (nSPS) is 11.8. The van der Waals surface area contributed by atoms with E-state index in [9.17, 15) is 13.2 Å². The summed E-state index contributed by atoms with van der Waals surface area (Å²) in [6.07, 6.45) is -3.30. The van der Waals surface area contributed by atoms with Gasteiger partial charge in [0, 0.05) is 13.1 Å². The molecule has 0 atom stereocenters. The molecule has 1 aromatic rings. The Labute approximate surface area is 92.8 Å². The maximum absolute atomic E-state index is 12.4. The van der Waals surface area contributed by atoms with Crippen LogP contribution in [0, 0.1) is 0 Å². The van der Waals surface area contributed by atoms with Crippen molar-refractivity contribution in [1.29, 1.82) is 0 Å². The molecule has 2 nitrogen and oxygen atoms in total. The molecule has 1 aromatic carbocycles. The molecule has 5 heteroatoms. The first-order valence-corrected chi connectivity index (χ1v) is 5.16. The van der Waals surface area contributed by atoms with E-state index >= 15 is 0 Å². The van der Waals surface area contributed by atoms with Crippen molar-refractivity contribution in [1.82, 2.24) is 10.9 Å². The van der Waals surface area contributed by atoms with Gasteiger partial charge in [0.2, 0.25) is 0 Å². The van der Waals surface area contributed by atoms with Crippen LogP contribution in [0.25, 0.3) is 0 Å². The van der Waals surface area contributed by atoms with E-state index in [-0.39, 0.29) is 0 Å². The lowest BCUT2D eigenvalue weighted by atomic mass is 10.1. The Hall–Kier alpha value is -1.07. The fourth-order valence-corrected chi connectivity index (χ4v) is 1.24. The second-order valence-electron chi connectivity index (χ2n) is 3.48. The number of halogens is 3. The standard InChI is InChI=1S/C11H15F3N2/c1-2-6-15-16-8-9-4-3-5-10(7-9)11(12,13)14/h3-5,7,15-16H,2,6,8H2,1H3. The van der Waals surface area contributed by atoms with Crippen LogP contribution in [0.1, 0.15) is 24.5 Å². The van der Waals surface area contributed by atoms with Crippen molar-refractivity contribution in [2.45, 2.75) is 26.1 Å². The Bertz CT molecular complexity index is 323. The number of rotatable bonds is 5. The second-order valence-corrected chi connectivity index (χ2v) is 3.48. The van der Waals surface area contributed by atoms with Crippen LogP contribution < -0.4 is 10.9 Å². The van der Waals surface area contributed by atoms with E-state index in [1.165, 1.54) is 6.07 Å². The first-order chi connectivity index (χ1) is 7.54. The van der Waals surface area contributed by atoms with Crippen LogP contribution in [0.15, 0.2) is 24.3 Å². The van der Waals surface area contributed by atoms with Crippen LogP contribution in [0.5, 0.6) is 0 Å². The Morgan fingerprint density at radius 1 is 1.19 bits per heavy atom. The van der Waals surface area contributed by atoms with Crippen LogP contribution in [-0.2, 0) is 12.7 Å². The number of nitrogens with one attached hydrogen (secondary N) is 2. The third-order valence-corrected chi connectivity index (χ3v) is 2.05. The van der Waals surface area contributed by atoms with Gasteiger partial charge in [-0.05, 0) is 18.1 Å². The zero-order chi connectivity index (χ0) is 12.0. The highest BCUT2D eigenvalue weighted by molar-refractivity contribution is 5.25. The summed E-state index contributed by atoms with van der Waals surface area (Å²) in [7, 11) is 0. The first-order valence-electron chi connectivity index (χ1n) is 5.16. The van der Waals surface area contributed by atoms with E-state index in [4.69, 9.17) is 0 Å². The van der Waals surface area contributed by atoms with Crippen molar-refractivity contribution in [2.24, 2.45) is 0 Å². The summed E-state index contributed by atoms with van der Waals surface area (Å²) < 4.78 is 37.1. The zero-order valence-corrected chi connectivity index (χ0v) is 9.06. The van der Waals surface area contributed by atoms with E-state index in [0.29, 0.717) is 12.1 Å². The van der Waals surface area contributed by atoms with Gasteiger partial charge in [-0.15, -0.1) is 0 Å². The van der Waals surface area contributed by atoms with E-state index in [1.54, 1.807) is 6.07 Å². The molecule has 0 unspecified atom stereocenters. The fourth-order valence-electron chi connectivity index (χ4n) is 1.24. The molecule has 0 aromatic heterocycles. The molecule has 0 aliphatic carbocycles. The first kappa shape index (κ1) is 13.0. The minimum Gasteiger partial charge on any atom is -0.258 e. The summed E-state index contributed by atoms with van der Waals surface area (Å²) in [5.74, 6) is 0. The maximum atomic E-state index is 12.4. The van der Waals surface area contributed by atoms with Gasteiger partial charge in [-0.2, -0.15) is 13.2 Å². The molecule has 0 spiro atoms. The van der Waals surface area contributed by atoms with Crippen molar-refractivity contribution in [3.05, 3.63) is 35.4 Å². The van der Waals surface area contributed by atoms with Gasteiger partial charge in [-0.3, -0.25) is 10.9 Å². The Morgan fingerprint density at radius 3 is 2.56 bits per heavy atom. The van der Waals surface area contributed by atoms with Crippen molar-refractivity contribution < 1.29 is 13.2 Å². The zero-order valence-electron chi connectivity index (χ0n) is 9.06. The van der Waals surface area contributed by atoms with Gasteiger partial charge in [-0.25, -0.2) is 0 Å². The molecule has 0 radical (unpaired) electrons. The maximum Gasteiger partial charge on any atom is 0.416 e. The molecule has 0 saturated carbocycles. The highest BCUT2D eigenvalue weighted by Gasteiger charge is 2.30. The lowest BCUT2D eigenvalue weighted by Crippen LogP contribution is -2.31. The molecule has 2 N–H and O–H groups in total. The highest BCUT2D eigenvalue weighted by atomic mass is 19.4. The molecule has 16 heavy (non-hydrogen) atoms. The number of hydrazine groups is 1. The predicted molar refractivity (Wildman–Crippen MR) is 56.6 cm³/mol. The van der Waals surface area contributed by atoms with Gasteiger partial charge in [0.25, 0.3) is 0 Å². The third kappa shape index (κ3) is 4.20. The summed E-state index contributed by atoms with van der Waals surface area (Å²) in [5.41, 5.74) is 5.78. The quantitative estimate of drug-likeness (QED) is 0.602. The predicted octanol–water partition coefficient (Wildman–Crippen LogP) is 2.71. The molecule has 90 valence electrons. The van der Waals surface area contributed by atoms with Crippen LogP contribution >= 0.6 is 0 Å². The van der Waals surface area contributed by atoms with Crippen LogP contribution in [0.2, 0.25) is 0 Å². The van der Waals surface area contributed by atoms with E-state index < -0.39 is 11.7 Å². The third-order valence-electron chi connectivity index (χ3n) is 2.05. The minimum atomic E-state index is -4.27. The van der Waals surface area contributed by atoms with Gasteiger partial charge >= 0.3 is 6.18 Å². The molecule has 0 saturated heterocycles. The Kier molecular flexibility index (Phi) is 4.76. The van der Waals surface area contributed by atoms with E-state index in [0.717, 1.165) is 25.1 Å². The SMILES string of the molecule is CCCNNCc1cccc(C(F)(F)F)c1. The van der Waals surface area contributed by atoms with Gasteiger partial charge < -0.3 is 0 Å². The van der Waals surface area contributed by atoms with Crippen LogP contribution in [0.4, 0.5) is 13.2 Å². The number of hydrogen-bond donors (Lipinski definition) is 2. The molecular formula is C11H15F3N2. The molecule has 0 bridgehead atoms. The minimum absolute atomic E-state index is 0.379. The summed E-state index contributed by atoms with van der Waals surface area (Å²) in [6.45, 7) is 3.18. The molecule has 0 aliphatic heterocycles. The lowest BCUT2D eigenvalue weighted by Gasteiger charge is -2.09. The van der Waals surface area contributed by atoms with Gasteiger partial charge in [0.05, 0.1) is 5.56 Å². The van der Waals surface area contributed by atoms with Crippen molar-refractivity contribution >= 4 is 0 Å². The Balaban J connectivity index is 2.54. The van der Waals surface area contributed by atoms with Crippen LogP contribution in [-0.4, -0.2) is 6.54 Å². The van der Waals surface area contributed by atoms with Crippen molar-refractivity contribution in [3.63, 3.8) is 0 Å². The van der Waals surface area contributed by atoms with Gasteiger partial charge in [0.1, 0.15) is 0 Å². The smallest absolute Gasteiger partial charge is 0.258 e. The number of benzene rings is 1. The number of hydrogen-bond acceptors (Lipinski definition) is 2. The van der Waals surface area contributed by atoms with Crippen LogP contribution in [0.3, 0.4) is 0 Å². The molecule has 0 heterocycles. The summed E-state index contributed by atoms with van der Waals surface area (Å²) in [4.78, 5) is 0. The van der Waals surface area contributed by atoms with Crippen molar-refractivity contribution in [2.75, 3.05) is 6.54 Å².